The fourth-order valence-corrected chi connectivity index (χ4v) is 3.73. The molecule has 0 aromatic carbocycles. The van der Waals surface area contributed by atoms with Crippen LogP contribution in [0.1, 0.15) is 33.6 Å². The zero-order chi connectivity index (χ0) is 16.3. The van der Waals surface area contributed by atoms with Crippen molar-refractivity contribution in [2.75, 3.05) is 0 Å². The van der Waals surface area contributed by atoms with Crippen LogP contribution >= 0.6 is 11.8 Å². The Bertz CT molecular complexity index is 561. The number of rotatable bonds is 2. The number of thioether (sulfide) groups is 1. The van der Waals surface area contributed by atoms with Crippen molar-refractivity contribution < 1.29 is 14.7 Å². The van der Waals surface area contributed by atoms with Crippen LogP contribution in [0.2, 0.25) is 0 Å². The van der Waals surface area contributed by atoms with Crippen LogP contribution < -0.4 is 5.73 Å². The Hall–Kier alpha value is -1.42. The second kappa shape index (κ2) is 7.23. The molecule has 2 aliphatic rings. The van der Waals surface area contributed by atoms with Gasteiger partial charge in [-0.1, -0.05) is 42.7 Å². The van der Waals surface area contributed by atoms with Gasteiger partial charge in [0.15, 0.2) is 0 Å². The minimum Gasteiger partial charge on any atom is -0.357 e. The quantitative estimate of drug-likeness (QED) is 0.466. The highest BCUT2D eigenvalue weighted by Gasteiger charge is 2.31. The maximum atomic E-state index is 10.8. The van der Waals surface area contributed by atoms with Gasteiger partial charge < -0.3 is 10.5 Å². The highest BCUT2D eigenvalue weighted by Crippen LogP contribution is 2.44. The molecule has 0 aromatic rings. The average molecular weight is 322 g/mol. The van der Waals surface area contributed by atoms with Crippen LogP contribution in [0.5, 0.6) is 0 Å². The lowest BCUT2D eigenvalue weighted by Gasteiger charge is -2.15. The first-order chi connectivity index (χ1) is 10.4. The first-order valence-corrected chi connectivity index (χ1v) is 8.23. The van der Waals surface area contributed by atoms with Crippen LogP contribution in [0.25, 0.3) is 0 Å². The van der Waals surface area contributed by atoms with Gasteiger partial charge in [0.25, 0.3) is 0 Å². The topological polar surface area (TPSA) is 75.8 Å². The summed E-state index contributed by atoms with van der Waals surface area (Å²) in [6, 6.07) is -1.55. The van der Waals surface area contributed by atoms with Crippen molar-refractivity contribution in [3.05, 3.63) is 22.0 Å². The number of hydrogen-bond donors (Lipinski definition) is 2. The van der Waals surface area contributed by atoms with Crippen molar-refractivity contribution in [1.29, 1.82) is 0 Å². The highest BCUT2D eigenvalue weighted by molar-refractivity contribution is 8.07. The van der Waals surface area contributed by atoms with E-state index in [1.807, 2.05) is 0 Å². The Morgan fingerprint density at radius 1 is 1.64 bits per heavy atom. The van der Waals surface area contributed by atoms with E-state index in [4.69, 9.17) is 10.5 Å². The van der Waals surface area contributed by atoms with Gasteiger partial charge in [-0.3, -0.25) is 5.21 Å². The molecule has 3 N–H and O–H groups in total. The fraction of sp³-hybridized carbons (Fsp3) is 0.562. The third kappa shape index (κ3) is 3.86. The van der Waals surface area contributed by atoms with Crippen molar-refractivity contribution in [1.82, 2.24) is 5.06 Å². The molecule has 0 saturated carbocycles. The summed E-state index contributed by atoms with van der Waals surface area (Å²) < 4.78 is 5.97. The van der Waals surface area contributed by atoms with Gasteiger partial charge in [-0.15, -0.1) is 0 Å². The summed E-state index contributed by atoms with van der Waals surface area (Å²) in [6.07, 6.45) is 6.12. The van der Waals surface area contributed by atoms with Gasteiger partial charge in [-0.05, 0) is 31.6 Å². The van der Waals surface area contributed by atoms with E-state index in [2.05, 4.69) is 37.8 Å². The monoisotopic (exact) mass is 322 g/mol. The van der Waals surface area contributed by atoms with E-state index < -0.39 is 12.1 Å². The smallest absolute Gasteiger partial charge is 0.339 e. The van der Waals surface area contributed by atoms with Crippen LogP contribution in [0.4, 0.5) is 4.79 Å². The molecule has 0 radical (unpaired) electrons. The summed E-state index contributed by atoms with van der Waals surface area (Å²) in [6.45, 7) is 5.85. The van der Waals surface area contributed by atoms with E-state index in [1.165, 1.54) is 9.81 Å². The molecule has 0 bridgehead atoms. The zero-order valence-electron chi connectivity index (χ0n) is 13.1. The number of hydroxylamine groups is 2. The Morgan fingerprint density at radius 2 is 2.36 bits per heavy atom. The Morgan fingerprint density at radius 3 is 2.95 bits per heavy atom. The molecule has 2 amide bonds. The second-order valence-corrected chi connectivity index (χ2v) is 6.64. The lowest BCUT2D eigenvalue weighted by molar-refractivity contribution is -0.0537. The second-order valence-electron chi connectivity index (χ2n) is 5.49. The number of allylic oxidation sites excluding steroid dienone is 3. The molecule has 6 heteroatoms. The molecule has 22 heavy (non-hydrogen) atoms. The molecule has 2 aliphatic heterocycles. The van der Waals surface area contributed by atoms with E-state index in [-0.39, 0.29) is 12.2 Å². The van der Waals surface area contributed by atoms with Crippen molar-refractivity contribution in [2.45, 2.75) is 51.9 Å². The van der Waals surface area contributed by atoms with Crippen molar-refractivity contribution in [3.8, 4) is 11.8 Å². The third-order valence-corrected chi connectivity index (χ3v) is 5.24. The predicted molar refractivity (Wildman–Crippen MR) is 86.9 cm³/mol. The van der Waals surface area contributed by atoms with Crippen LogP contribution in [0, 0.1) is 17.8 Å². The summed E-state index contributed by atoms with van der Waals surface area (Å²) >= 11 is 1.79. The summed E-state index contributed by atoms with van der Waals surface area (Å²) in [7, 11) is 0. The van der Waals surface area contributed by atoms with Crippen LogP contribution in [-0.2, 0) is 4.74 Å². The zero-order valence-corrected chi connectivity index (χ0v) is 13.9. The largest absolute Gasteiger partial charge is 0.357 e. The number of carbonyl (C=O) groups is 1. The number of nitrogens with zero attached hydrogens (tertiary/aromatic N) is 1. The molecule has 2 rings (SSSR count). The molecule has 4 atom stereocenters. The maximum Gasteiger partial charge on any atom is 0.339 e. The Kier molecular flexibility index (Phi) is 5.57. The van der Waals surface area contributed by atoms with Gasteiger partial charge in [-0.2, -0.15) is 5.06 Å². The number of urea groups is 1. The molecule has 1 fully saturated rings. The van der Waals surface area contributed by atoms with E-state index >= 15 is 0 Å². The highest BCUT2D eigenvalue weighted by atomic mass is 32.2. The lowest BCUT2D eigenvalue weighted by Crippen LogP contribution is -2.38. The summed E-state index contributed by atoms with van der Waals surface area (Å²) in [5.41, 5.74) is 4.99. The van der Waals surface area contributed by atoms with Gasteiger partial charge in [0.05, 0.1) is 6.10 Å². The average Bonchev–Trinajstić information content (AvgIpc) is 3.09. The summed E-state index contributed by atoms with van der Waals surface area (Å²) in [4.78, 5) is 13.5. The normalized spacial score (nSPS) is 30.6. The minimum absolute atomic E-state index is 0.0980. The van der Waals surface area contributed by atoms with Gasteiger partial charge in [0.2, 0.25) is 0 Å². The standard InChI is InChI=1S/C16H22N2O3S/c1-4-14-10(2)9-15(22-14)13-8-7-12(21-13)6-5-11(3)18(20)16(17)19/h4,9-13,20H,7-8H2,1-3H3,(H2,17,19)/b14-4+/t10?,11?,12?,13-/m0/s1. The third-order valence-electron chi connectivity index (χ3n) is 3.77. The Balaban J connectivity index is 1.92. The molecular weight excluding hydrogens is 300 g/mol. The van der Waals surface area contributed by atoms with E-state index in [0.29, 0.717) is 11.0 Å². The van der Waals surface area contributed by atoms with Crippen LogP contribution in [0.3, 0.4) is 0 Å². The van der Waals surface area contributed by atoms with Crippen LogP contribution in [0.15, 0.2) is 22.0 Å². The first kappa shape index (κ1) is 16.9. The molecule has 1 saturated heterocycles. The van der Waals surface area contributed by atoms with Gasteiger partial charge in [0.1, 0.15) is 12.1 Å². The maximum absolute atomic E-state index is 10.8. The fourth-order valence-electron chi connectivity index (χ4n) is 2.50. The molecule has 5 nitrogen and oxygen atoms in total. The molecule has 0 spiro atoms. The number of primary amides is 1. The SMILES string of the molecule is C/C=C1/SC([C@@H]2CCC(C#CC(C)N(O)C(N)=O)O2)=CC1C. The summed E-state index contributed by atoms with van der Waals surface area (Å²) in [5, 5.41) is 9.80. The van der Waals surface area contributed by atoms with Gasteiger partial charge in [-0.25, -0.2) is 4.79 Å². The van der Waals surface area contributed by atoms with Gasteiger partial charge in [0, 0.05) is 10.8 Å². The van der Waals surface area contributed by atoms with Crippen molar-refractivity contribution in [3.63, 3.8) is 0 Å². The lowest BCUT2D eigenvalue weighted by atomic mass is 10.1. The van der Waals surface area contributed by atoms with E-state index in [1.54, 1.807) is 18.7 Å². The number of hydrogen-bond acceptors (Lipinski definition) is 4. The van der Waals surface area contributed by atoms with Crippen molar-refractivity contribution >= 4 is 17.8 Å². The van der Waals surface area contributed by atoms with Gasteiger partial charge >= 0.3 is 6.03 Å². The molecule has 3 unspecified atom stereocenters. The molecule has 2 heterocycles. The van der Waals surface area contributed by atoms with Crippen molar-refractivity contribution in [2.24, 2.45) is 11.7 Å². The predicted octanol–water partition coefficient (Wildman–Crippen LogP) is 2.87. The van der Waals surface area contributed by atoms with E-state index in [9.17, 15) is 10.0 Å². The van der Waals surface area contributed by atoms with E-state index in [0.717, 1.165) is 12.8 Å². The minimum atomic E-state index is -0.910. The van der Waals surface area contributed by atoms with Crippen LogP contribution in [-0.4, -0.2) is 34.6 Å². The Labute approximate surface area is 135 Å². The summed E-state index contributed by atoms with van der Waals surface area (Å²) in [5.74, 6) is 6.24. The number of ether oxygens (including phenoxy) is 1. The molecule has 120 valence electrons. The molecule has 0 aromatic heterocycles. The first-order valence-electron chi connectivity index (χ1n) is 7.42. The number of amides is 2. The molecular formula is C16H22N2O3S. The number of nitrogens with two attached hydrogens (primary N) is 1. The molecule has 0 aliphatic carbocycles. The number of carbonyl (C=O) groups excluding carboxylic acids is 1.